The molecule has 3 nitrogen and oxygen atoms in total. The largest absolute Gasteiger partial charge is 0.267 e. The highest BCUT2D eigenvalue weighted by Crippen LogP contribution is 2.18. The second-order valence-corrected chi connectivity index (χ2v) is 3.12. The zero-order chi connectivity index (χ0) is 10.7. The molecule has 0 aliphatic carbocycles. The Bertz CT molecular complexity index is 434. The van der Waals surface area contributed by atoms with E-state index in [1.165, 1.54) is 0 Å². The summed E-state index contributed by atoms with van der Waals surface area (Å²) in [6.45, 7) is 5.96. The maximum atomic E-state index is 5.75. The number of aryl methyl sites for hydroxylation is 2. The van der Waals surface area contributed by atoms with Crippen molar-refractivity contribution in [3.8, 4) is 0 Å². The Morgan fingerprint density at radius 3 is 2.64 bits per heavy atom. The van der Waals surface area contributed by atoms with Crippen molar-refractivity contribution < 1.29 is 0 Å². The standard InChI is InChI=1S/C8H8ClN3.C2H6/c1-5-6-4-10-8(9)3-7(6)12(2)11-5;1-2/h3-4H,1-2H3;1-2H3. The molecular formula is C10H14ClN3. The van der Waals surface area contributed by atoms with Crippen molar-refractivity contribution in [2.45, 2.75) is 20.8 Å². The summed E-state index contributed by atoms with van der Waals surface area (Å²) < 4.78 is 1.80. The van der Waals surface area contributed by atoms with Gasteiger partial charge in [-0.25, -0.2) is 4.98 Å². The number of nitrogens with zero attached hydrogens (tertiary/aromatic N) is 3. The summed E-state index contributed by atoms with van der Waals surface area (Å²) in [7, 11) is 1.89. The Morgan fingerprint density at radius 2 is 2.00 bits per heavy atom. The molecule has 14 heavy (non-hydrogen) atoms. The zero-order valence-corrected chi connectivity index (χ0v) is 9.63. The lowest BCUT2D eigenvalue weighted by molar-refractivity contribution is 0.783. The second-order valence-electron chi connectivity index (χ2n) is 2.73. The third-order valence-corrected chi connectivity index (χ3v) is 2.09. The highest BCUT2D eigenvalue weighted by molar-refractivity contribution is 6.30. The minimum absolute atomic E-state index is 0.505. The number of hydrogen-bond donors (Lipinski definition) is 0. The quantitative estimate of drug-likeness (QED) is 0.628. The predicted molar refractivity (Wildman–Crippen MR) is 59.6 cm³/mol. The summed E-state index contributed by atoms with van der Waals surface area (Å²) in [5.41, 5.74) is 2.00. The molecule has 2 aromatic rings. The topological polar surface area (TPSA) is 30.7 Å². The van der Waals surface area contributed by atoms with Crippen molar-refractivity contribution in [1.29, 1.82) is 0 Å². The highest BCUT2D eigenvalue weighted by Gasteiger charge is 2.04. The molecule has 0 saturated heterocycles. The van der Waals surface area contributed by atoms with Crippen molar-refractivity contribution in [3.63, 3.8) is 0 Å². The van der Waals surface area contributed by atoms with Crippen LogP contribution in [0.1, 0.15) is 19.5 Å². The molecule has 0 unspecified atom stereocenters. The average molecular weight is 212 g/mol. The first-order valence-electron chi connectivity index (χ1n) is 4.63. The van der Waals surface area contributed by atoms with Gasteiger partial charge in [0.15, 0.2) is 0 Å². The average Bonchev–Trinajstić information content (AvgIpc) is 2.46. The summed E-state index contributed by atoms with van der Waals surface area (Å²) in [5.74, 6) is 0. The Hall–Kier alpha value is -1.09. The van der Waals surface area contributed by atoms with Crippen LogP contribution in [0.25, 0.3) is 10.9 Å². The van der Waals surface area contributed by atoms with Crippen LogP contribution < -0.4 is 0 Å². The van der Waals surface area contributed by atoms with Crippen molar-refractivity contribution in [3.05, 3.63) is 23.1 Å². The molecular weight excluding hydrogens is 198 g/mol. The predicted octanol–water partition coefficient (Wildman–Crippen LogP) is 2.96. The monoisotopic (exact) mass is 211 g/mol. The molecule has 2 heterocycles. The molecule has 0 amide bonds. The summed E-state index contributed by atoms with van der Waals surface area (Å²) >= 11 is 5.75. The Kier molecular flexibility index (Phi) is 3.47. The van der Waals surface area contributed by atoms with Gasteiger partial charge in [-0.1, -0.05) is 25.4 Å². The molecule has 0 fully saturated rings. The molecule has 0 radical (unpaired) electrons. The van der Waals surface area contributed by atoms with E-state index in [1.807, 2.05) is 33.9 Å². The number of aromatic nitrogens is 3. The molecule has 0 N–H and O–H groups in total. The number of pyridine rings is 1. The maximum absolute atomic E-state index is 5.75. The first-order chi connectivity index (χ1) is 6.68. The van der Waals surface area contributed by atoms with E-state index in [4.69, 9.17) is 11.6 Å². The summed E-state index contributed by atoms with van der Waals surface area (Å²) in [6, 6.07) is 1.82. The van der Waals surface area contributed by atoms with E-state index < -0.39 is 0 Å². The van der Waals surface area contributed by atoms with E-state index in [0.717, 1.165) is 16.6 Å². The van der Waals surface area contributed by atoms with Crippen LogP contribution in [-0.2, 0) is 7.05 Å². The summed E-state index contributed by atoms with van der Waals surface area (Å²) in [6.07, 6.45) is 1.75. The van der Waals surface area contributed by atoms with Gasteiger partial charge in [0, 0.05) is 24.7 Å². The van der Waals surface area contributed by atoms with Crippen molar-refractivity contribution in [2.75, 3.05) is 0 Å². The van der Waals surface area contributed by atoms with Crippen molar-refractivity contribution in [2.24, 2.45) is 7.05 Å². The van der Waals surface area contributed by atoms with Crippen LogP contribution in [-0.4, -0.2) is 14.8 Å². The molecule has 76 valence electrons. The van der Waals surface area contributed by atoms with E-state index in [9.17, 15) is 0 Å². The highest BCUT2D eigenvalue weighted by atomic mass is 35.5. The van der Waals surface area contributed by atoms with Gasteiger partial charge in [-0.2, -0.15) is 5.10 Å². The molecule has 4 heteroatoms. The minimum Gasteiger partial charge on any atom is -0.267 e. The summed E-state index contributed by atoms with van der Waals surface area (Å²) in [4.78, 5) is 3.99. The fraction of sp³-hybridized carbons (Fsp3) is 0.400. The molecule has 0 spiro atoms. The van der Waals surface area contributed by atoms with Crippen molar-refractivity contribution >= 4 is 22.5 Å². The van der Waals surface area contributed by atoms with Gasteiger partial charge in [0.05, 0.1) is 11.2 Å². The van der Waals surface area contributed by atoms with Crippen LogP contribution in [0.15, 0.2) is 12.3 Å². The first-order valence-corrected chi connectivity index (χ1v) is 5.01. The Morgan fingerprint density at radius 1 is 1.36 bits per heavy atom. The number of halogens is 1. The zero-order valence-electron chi connectivity index (χ0n) is 8.87. The molecule has 2 rings (SSSR count). The lowest BCUT2D eigenvalue weighted by Crippen LogP contribution is -1.89. The smallest absolute Gasteiger partial charge is 0.131 e. The molecule has 0 aliphatic heterocycles. The lowest BCUT2D eigenvalue weighted by atomic mass is 10.3. The Balaban J connectivity index is 0.000000461. The fourth-order valence-electron chi connectivity index (χ4n) is 1.30. The maximum Gasteiger partial charge on any atom is 0.131 e. The number of fused-ring (bicyclic) bond motifs is 1. The fourth-order valence-corrected chi connectivity index (χ4v) is 1.45. The van der Waals surface area contributed by atoms with Crippen LogP contribution in [0.2, 0.25) is 5.15 Å². The third kappa shape index (κ3) is 1.87. The van der Waals surface area contributed by atoms with Gasteiger partial charge in [0.1, 0.15) is 5.15 Å². The SMILES string of the molecule is CC.Cc1nn(C)c2cc(Cl)ncc12. The van der Waals surface area contributed by atoms with Gasteiger partial charge in [-0.15, -0.1) is 0 Å². The van der Waals surface area contributed by atoms with E-state index in [1.54, 1.807) is 10.9 Å². The van der Waals surface area contributed by atoms with Crippen LogP contribution >= 0.6 is 11.6 Å². The third-order valence-electron chi connectivity index (χ3n) is 1.89. The van der Waals surface area contributed by atoms with Crippen LogP contribution in [0.5, 0.6) is 0 Å². The van der Waals surface area contributed by atoms with Gasteiger partial charge in [0.25, 0.3) is 0 Å². The number of rotatable bonds is 0. The molecule has 0 aromatic carbocycles. The molecule has 0 bridgehead atoms. The molecule has 0 saturated carbocycles. The van der Waals surface area contributed by atoms with E-state index in [2.05, 4.69) is 10.1 Å². The number of hydrogen-bond acceptors (Lipinski definition) is 2. The van der Waals surface area contributed by atoms with E-state index in [0.29, 0.717) is 5.15 Å². The van der Waals surface area contributed by atoms with Crippen molar-refractivity contribution in [1.82, 2.24) is 14.8 Å². The van der Waals surface area contributed by atoms with Gasteiger partial charge < -0.3 is 0 Å². The van der Waals surface area contributed by atoms with Gasteiger partial charge in [-0.3, -0.25) is 4.68 Å². The molecule has 2 aromatic heterocycles. The van der Waals surface area contributed by atoms with Gasteiger partial charge in [0.2, 0.25) is 0 Å². The summed E-state index contributed by atoms with van der Waals surface area (Å²) in [5, 5.41) is 5.81. The molecule has 0 aliphatic rings. The molecule has 0 atom stereocenters. The Labute approximate surface area is 88.7 Å². The lowest BCUT2D eigenvalue weighted by Gasteiger charge is -1.92. The van der Waals surface area contributed by atoms with Crippen LogP contribution in [0.3, 0.4) is 0 Å². The van der Waals surface area contributed by atoms with E-state index in [-0.39, 0.29) is 0 Å². The van der Waals surface area contributed by atoms with Crippen LogP contribution in [0, 0.1) is 6.92 Å². The van der Waals surface area contributed by atoms with Gasteiger partial charge >= 0.3 is 0 Å². The normalized spacial score (nSPS) is 9.79. The van der Waals surface area contributed by atoms with E-state index >= 15 is 0 Å². The first kappa shape index (κ1) is 11.0. The van der Waals surface area contributed by atoms with Gasteiger partial charge in [-0.05, 0) is 6.92 Å². The van der Waals surface area contributed by atoms with Crippen LogP contribution in [0.4, 0.5) is 0 Å². The minimum atomic E-state index is 0.505. The second kappa shape index (κ2) is 4.42.